The predicted octanol–water partition coefficient (Wildman–Crippen LogP) is 2.06. The lowest BCUT2D eigenvalue weighted by molar-refractivity contribution is 0.232. The first-order chi connectivity index (χ1) is 8.99. The van der Waals surface area contributed by atoms with Crippen LogP contribution in [-0.2, 0) is 9.84 Å². The molecule has 1 saturated carbocycles. The highest BCUT2D eigenvalue weighted by Crippen LogP contribution is 2.41. The molecule has 110 valence electrons. The Hall–Kier alpha value is -0.230. The normalized spacial score (nSPS) is 23.1. The molecule has 1 heterocycles. The first-order valence-corrected chi connectivity index (χ1v) is 10.1. The van der Waals surface area contributed by atoms with Gasteiger partial charge in [-0.1, -0.05) is 31.0 Å². The van der Waals surface area contributed by atoms with Gasteiger partial charge in [-0.05, 0) is 24.7 Å². The summed E-state index contributed by atoms with van der Waals surface area (Å²) in [5.74, 6) is 1.42. The summed E-state index contributed by atoms with van der Waals surface area (Å²) in [5, 5.41) is 4.27. The van der Waals surface area contributed by atoms with Crippen LogP contribution in [0, 0.1) is 5.41 Å². The van der Waals surface area contributed by atoms with Crippen LogP contribution < -0.4 is 5.32 Å². The van der Waals surface area contributed by atoms with Crippen LogP contribution in [0.4, 0.5) is 0 Å². The van der Waals surface area contributed by atoms with Crippen molar-refractivity contribution in [3.8, 4) is 0 Å². The van der Waals surface area contributed by atoms with Gasteiger partial charge >= 0.3 is 0 Å². The van der Waals surface area contributed by atoms with Gasteiger partial charge < -0.3 is 5.32 Å². The molecule has 0 aromatic heterocycles. The summed E-state index contributed by atoms with van der Waals surface area (Å²) in [6.07, 6.45) is 8.68. The fourth-order valence-electron chi connectivity index (χ4n) is 2.79. The van der Waals surface area contributed by atoms with Crippen molar-refractivity contribution < 1.29 is 8.42 Å². The Kier molecular flexibility index (Phi) is 5.17. The predicted molar refractivity (Wildman–Crippen MR) is 82.6 cm³/mol. The van der Waals surface area contributed by atoms with Gasteiger partial charge in [-0.15, -0.1) is 0 Å². The van der Waals surface area contributed by atoms with Crippen LogP contribution in [-0.4, -0.2) is 44.4 Å². The summed E-state index contributed by atoms with van der Waals surface area (Å²) < 4.78 is 22.0. The molecule has 1 aliphatic carbocycles. The number of nitrogens with one attached hydrogen (secondary N) is 1. The van der Waals surface area contributed by atoms with Crippen molar-refractivity contribution in [2.75, 3.05) is 30.9 Å². The van der Waals surface area contributed by atoms with E-state index in [2.05, 4.69) is 10.3 Å². The Morgan fingerprint density at radius 2 is 2.05 bits per heavy atom. The smallest absolute Gasteiger partial charge is 0.156 e. The Bertz CT molecular complexity index is 426. The van der Waals surface area contributed by atoms with Crippen LogP contribution in [0.1, 0.15) is 38.5 Å². The van der Waals surface area contributed by atoms with E-state index < -0.39 is 9.84 Å². The van der Waals surface area contributed by atoms with Crippen LogP contribution in [0.2, 0.25) is 0 Å². The van der Waals surface area contributed by atoms with Crippen molar-refractivity contribution in [1.82, 2.24) is 5.32 Å². The second-order valence-electron chi connectivity index (χ2n) is 5.88. The summed E-state index contributed by atoms with van der Waals surface area (Å²) in [5.41, 5.74) is 0.459. The molecule has 6 heteroatoms. The summed E-state index contributed by atoms with van der Waals surface area (Å²) >= 11 is 1.82. The van der Waals surface area contributed by atoms with Crippen LogP contribution in [0.3, 0.4) is 0 Å². The molecule has 2 aliphatic rings. The maximum atomic E-state index is 11.0. The number of amidine groups is 1. The molecule has 4 nitrogen and oxygen atoms in total. The van der Waals surface area contributed by atoms with Crippen molar-refractivity contribution in [3.05, 3.63) is 0 Å². The van der Waals surface area contributed by atoms with Gasteiger partial charge in [-0.25, -0.2) is 8.42 Å². The number of sulfone groups is 1. The van der Waals surface area contributed by atoms with Crippen molar-refractivity contribution in [3.63, 3.8) is 0 Å². The molecule has 1 N–H and O–H groups in total. The molecular weight excluding hydrogens is 280 g/mol. The minimum atomic E-state index is -2.84. The number of hydrogen-bond donors (Lipinski definition) is 1. The molecule has 1 spiro atoms. The lowest BCUT2D eigenvalue weighted by Crippen LogP contribution is -2.37. The molecule has 19 heavy (non-hydrogen) atoms. The largest absolute Gasteiger partial charge is 0.365 e. The monoisotopic (exact) mass is 304 g/mol. The molecule has 0 atom stereocenters. The number of rotatable bonds is 4. The van der Waals surface area contributed by atoms with Gasteiger partial charge in [0.1, 0.15) is 9.84 Å². The van der Waals surface area contributed by atoms with E-state index in [0.717, 1.165) is 11.7 Å². The molecule has 1 fully saturated rings. The van der Waals surface area contributed by atoms with E-state index in [9.17, 15) is 8.42 Å². The molecular formula is C13H24N2O2S2. The van der Waals surface area contributed by atoms with Crippen LogP contribution in [0.15, 0.2) is 4.99 Å². The average Bonchev–Trinajstić information content (AvgIpc) is 2.37. The Labute approximate surface area is 120 Å². The molecule has 0 radical (unpaired) electrons. The van der Waals surface area contributed by atoms with E-state index in [1.165, 1.54) is 44.1 Å². The van der Waals surface area contributed by atoms with Gasteiger partial charge in [0.15, 0.2) is 5.17 Å². The standard InChI is InChI=1S/C13H24N2O2S2/c1-19(16,17)9-5-8-14-12-15-10-13(11-18-12)6-3-2-4-7-13/h2-11H2,1H3,(H,14,15). The zero-order valence-corrected chi connectivity index (χ0v) is 13.3. The SMILES string of the molecule is CS(=O)(=O)CCCNC1=NCC2(CCCCC2)CS1. The van der Waals surface area contributed by atoms with Crippen LogP contribution >= 0.6 is 11.8 Å². The van der Waals surface area contributed by atoms with Gasteiger partial charge in [0.2, 0.25) is 0 Å². The summed E-state index contributed by atoms with van der Waals surface area (Å²) in [6, 6.07) is 0. The number of aliphatic imine (C=N–C) groups is 1. The topological polar surface area (TPSA) is 58.5 Å². The Morgan fingerprint density at radius 3 is 2.63 bits per heavy atom. The zero-order chi connectivity index (χ0) is 13.8. The van der Waals surface area contributed by atoms with Gasteiger partial charge in [-0.3, -0.25) is 4.99 Å². The number of nitrogens with zero attached hydrogens (tertiary/aromatic N) is 1. The lowest BCUT2D eigenvalue weighted by Gasteiger charge is -2.38. The maximum Gasteiger partial charge on any atom is 0.156 e. The van der Waals surface area contributed by atoms with Crippen LogP contribution in [0.5, 0.6) is 0 Å². The molecule has 0 unspecified atom stereocenters. The Morgan fingerprint density at radius 1 is 1.32 bits per heavy atom. The molecule has 0 amide bonds. The number of thioether (sulfide) groups is 1. The van der Waals surface area contributed by atoms with Crippen molar-refractivity contribution >= 4 is 26.8 Å². The minimum absolute atomic E-state index is 0.252. The highest BCUT2D eigenvalue weighted by Gasteiger charge is 2.34. The van der Waals surface area contributed by atoms with E-state index in [1.54, 1.807) is 0 Å². The second-order valence-corrected chi connectivity index (χ2v) is 9.10. The third kappa shape index (κ3) is 4.99. The van der Waals surface area contributed by atoms with Gasteiger partial charge in [0.25, 0.3) is 0 Å². The fraction of sp³-hybridized carbons (Fsp3) is 0.923. The first-order valence-electron chi connectivity index (χ1n) is 7.08. The highest BCUT2D eigenvalue weighted by atomic mass is 32.2. The fourth-order valence-corrected chi connectivity index (χ4v) is 4.64. The Balaban J connectivity index is 1.72. The van der Waals surface area contributed by atoms with E-state index in [0.29, 0.717) is 18.4 Å². The van der Waals surface area contributed by atoms with Gasteiger partial charge in [0, 0.05) is 25.1 Å². The minimum Gasteiger partial charge on any atom is -0.365 e. The molecule has 0 aromatic carbocycles. The van der Waals surface area contributed by atoms with Gasteiger partial charge in [-0.2, -0.15) is 0 Å². The maximum absolute atomic E-state index is 11.0. The third-order valence-corrected chi connectivity index (χ3v) is 6.29. The van der Waals surface area contributed by atoms with E-state index in [4.69, 9.17) is 0 Å². The molecule has 1 aliphatic heterocycles. The summed E-state index contributed by atoms with van der Waals surface area (Å²) in [6.45, 7) is 1.65. The van der Waals surface area contributed by atoms with E-state index >= 15 is 0 Å². The number of hydrogen-bond acceptors (Lipinski definition) is 5. The summed E-state index contributed by atoms with van der Waals surface area (Å²) in [4.78, 5) is 4.66. The molecule has 2 rings (SSSR count). The second kappa shape index (κ2) is 6.48. The molecule has 0 aromatic rings. The van der Waals surface area contributed by atoms with E-state index in [1.807, 2.05) is 11.8 Å². The third-order valence-electron chi connectivity index (χ3n) is 3.96. The van der Waals surface area contributed by atoms with Crippen molar-refractivity contribution in [2.45, 2.75) is 38.5 Å². The van der Waals surface area contributed by atoms with Crippen molar-refractivity contribution in [2.24, 2.45) is 10.4 Å². The van der Waals surface area contributed by atoms with Crippen LogP contribution in [0.25, 0.3) is 0 Å². The highest BCUT2D eigenvalue weighted by molar-refractivity contribution is 8.13. The average molecular weight is 304 g/mol. The summed E-state index contributed by atoms with van der Waals surface area (Å²) in [7, 11) is -2.84. The lowest BCUT2D eigenvalue weighted by atomic mass is 9.75. The zero-order valence-electron chi connectivity index (χ0n) is 11.7. The van der Waals surface area contributed by atoms with Gasteiger partial charge in [0.05, 0.1) is 5.75 Å². The van der Waals surface area contributed by atoms with Crippen molar-refractivity contribution in [1.29, 1.82) is 0 Å². The quantitative estimate of drug-likeness (QED) is 0.808. The molecule has 0 saturated heterocycles. The van der Waals surface area contributed by atoms with E-state index in [-0.39, 0.29) is 5.75 Å². The first kappa shape index (κ1) is 15.2. The molecule has 0 bridgehead atoms.